The van der Waals surface area contributed by atoms with Crippen molar-refractivity contribution >= 4 is 11.5 Å². The molecule has 0 saturated heterocycles. The van der Waals surface area contributed by atoms with Crippen LogP contribution in [0.2, 0.25) is 0 Å². The first-order valence-electron chi connectivity index (χ1n) is 5.50. The van der Waals surface area contributed by atoms with Gasteiger partial charge in [-0.1, -0.05) is 0 Å². The van der Waals surface area contributed by atoms with Crippen LogP contribution in [0.3, 0.4) is 0 Å². The molecule has 0 amide bonds. The van der Waals surface area contributed by atoms with E-state index in [4.69, 9.17) is 14.4 Å². The first-order valence-corrected chi connectivity index (χ1v) is 5.50. The van der Waals surface area contributed by atoms with E-state index in [0.717, 1.165) is 6.07 Å². The molecule has 0 saturated carbocycles. The second-order valence-corrected chi connectivity index (χ2v) is 3.74. The van der Waals surface area contributed by atoms with Crippen molar-refractivity contribution in [1.82, 2.24) is 0 Å². The number of nitriles is 1. The Hall–Kier alpha value is -3.14. The minimum atomic E-state index is -0.673. The van der Waals surface area contributed by atoms with Gasteiger partial charge in [0.1, 0.15) is 0 Å². The molecule has 0 N–H and O–H groups in total. The van der Waals surface area contributed by atoms with Gasteiger partial charge < -0.3 is 9.15 Å². The van der Waals surface area contributed by atoms with Crippen LogP contribution in [0.4, 0.5) is 5.69 Å². The van der Waals surface area contributed by atoms with Crippen molar-refractivity contribution in [1.29, 1.82) is 5.26 Å². The van der Waals surface area contributed by atoms with Crippen LogP contribution in [-0.4, -0.2) is 17.3 Å². The molecular weight excluding hydrogens is 264 g/mol. The second-order valence-electron chi connectivity index (χ2n) is 3.74. The van der Waals surface area contributed by atoms with Gasteiger partial charge in [0.2, 0.25) is 5.78 Å². The zero-order chi connectivity index (χ0) is 14.5. The van der Waals surface area contributed by atoms with Gasteiger partial charge in [-0.05, 0) is 24.3 Å². The average molecular weight is 272 g/mol. The summed E-state index contributed by atoms with van der Waals surface area (Å²) in [5, 5.41) is 19.6. The molecule has 100 valence electrons. The van der Waals surface area contributed by atoms with E-state index in [-0.39, 0.29) is 29.4 Å². The minimum absolute atomic E-state index is 0.0751. The molecule has 2 aromatic rings. The Labute approximate surface area is 113 Å². The fraction of sp³-hybridized carbons (Fsp3) is 0.0769. The van der Waals surface area contributed by atoms with E-state index in [9.17, 15) is 14.9 Å². The molecule has 0 radical (unpaired) electrons. The van der Waals surface area contributed by atoms with Crippen molar-refractivity contribution in [2.45, 2.75) is 0 Å². The molecule has 2 rings (SSSR count). The second kappa shape index (κ2) is 5.67. The van der Waals surface area contributed by atoms with Crippen LogP contribution in [-0.2, 0) is 0 Å². The lowest BCUT2D eigenvalue weighted by Crippen LogP contribution is -2.11. The molecule has 7 heteroatoms. The number of Topliss-reactive ketones (excluding diaryl/α,β-unsaturated/α-hetero) is 1. The van der Waals surface area contributed by atoms with E-state index in [0.29, 0.717) is 0 Å². The molecule has 1 aromatic heterocycles. The number of furan rings is 1. The predicted molar refractivity (Wildman–Crippen MR) is 66.3 cm³/mol. The van der Waals surface area contributed by atoms with Crippen LogP contribution in [0.5, 0.6) is 5.75 Å². The van der Waals surface area contributed by atoms with Gasteiger partial charge in [-0.25, -0.2) is 0 Å². The van der Waals surface area contributed by atoms with Crippen molar-refractivity contribution in [3.05, 3.63) is 58.0 Å². The van der Waals surface area contributed by atoms with Gasteiger partial charge in [0.15, 0.2) is 18.1 Å². The molecule has 20 heavy (non-hydrogen) atoms. The smallest absolute Gasteiger partial charge is 0.312 e. The standard InChI is InChI=1S/C13H8N2O5/c14-7-9-3-4-12(10(6-9)15(17)18)20-8-11(16)13-2-1-5-19-13/h1-6H,8H2. The molecule has 0 aliphatic rings. The summed E-state index contributed by atoms with van der Waals surface area (Å²) in [5.74, 6) is -0.399. The molecule has 0 fully saturated rings. The van der Waals surface area contributed by atoms with Gasteiger partial charge in [-0.15, -0.1) is 0 Å². The lowest BCUT2D eigenvalue weighted by molar-refractivity contribution is -0.385. The number of nitro benzene ring substituents is 1. The largest absolute Gasteiger partial charge is 0.478 e. The monoisotopic (exact) mass is 272 g/mol. The number of nitrogens with zero attached hydrogens (tertiary/aromatic N) is 2. The third-order valence-electron chi connectivity index (χ3n) is 2.44. The van der Waals surface area contributed by atoms with Crippen molar-refractivity contribution in [3.63, 3.8) is 0 Å². The highest BCUT2D eigenvalue weighted by atomic mass is 16.6. The van der Waals surface area contributed by atoms with Gasteiger partial charge in [0, 0.05) is 6.07 Å². The molecule has 7 nitrogen and oxygen atoms in total. The first kappa shape index (κ1) is 13.3. The zero-order valence-electron chi connectivity index (χ0n) is 10.1. The SMILES string of the molecule is N#Cc1ccc(OCC(=O)c2ccco2)c([N+](=O)[O-])c1. The molecule has 0 bridgehead atoms. The van der Waals surface area contributed by atoms with E-state index >= 15 is 0 Å². The Balaban J connectivity index is 2.15. The topological polar surface area (TPSA) is 106 Å². The third-order valence-corrected chi connectivity index (χ3v) is 2.44. The Morgan fingerprint density at radius 3 is 2.85 bits per heavy atom. The lowest BCUT2D eigenvalue weighted by Gasteiger charge is -2.05. The number of rotatable bonds is 5. The predicted octanol–water partition coefficient (Wildman–Crippen LogP) is 2.32. The van der Waals surface area contributed by atoms with Crippen LogP contribution in [0.1, 0.15) is 16.1 Å². The molecule has 1 aromatic carbocycles. The number of nitro groups is 1. The summed E-state index contributed by atoms with van der Waals surface area (Å²) in [6.07, 6.45) is 1.34. The number of carbonyl (C=O) groups excluding carboxylic acids is 1. The van der Waals surface area contributed by atoms with Gasteiger partial charge in [-0.2, -0.15) is 5.26 Å². The molecule has 0 atom stereocenters. The Morgan fingerprint density at radius 1 is 1.45 bits per heavy atom. The van der Waals surface area contributed by atoms with Crippen LogP contribution < -0.4 is 4.74 Å². The summed E-state index contributed by atoms with van der Waals surface area (Å²) >= 11 is 0. The Morgan fingerprint density at radius 2 is 2.25 bits per heavy atom. The van der Waals surface area contributed by atoms with Crippen LogP contribution in [0.15, 0.2) is 41.0 Å². The van der Waals surface area contributed by atoms with Gasteiger partial charge in [0.05, 0.1) is 22.8 Å². The zero-order valence-corrected chi connectivity index (χ0v) is 10.1. The van der Waals surface area contributed by atoms with E-state index < -0.39 is 10.7 Å². The molecule has 0 aliphatic carbocycles. The maximum atomic E-state index is 11.6. The number of carbonyl (C=O) groups is 1. The number of hydrogen-bond donors (Lipinski definition) is 0. The van der Waals surface area contributed by atoms with Crippen molar-refractivity contribution in [2.24, 2.45) is 0 Å². The van der Waals surface area contributed by atoms with E-state index in [2.05, 4.69) is 0 Å². The fourth-order valence-electron chi connectivity index (χ4n) is 1.50. The first-order chi connectivity index (χ1) is 9.61. The summed E-state index contributed by atoms with van der Waals surface area (Å²) in [5.41, 5.74) is -0.224. The Bertz CT molecular complexity index is 685. The molecule has 0 aliphatic heterocycles. The van der Waals surface area contributed by atoms with Gasteiger partial charge in [0.25, 0.3) is 0 Å². The maximum absolute atomic E-state index is 11.6. The average Bonchev–Trinajstić information content (AvgIpc) is 2.98. The molecular formula is C13H8N2O5. The van der Waals surface area contributed by atoms with E-state index in [1.807, 2.05) is 0 Å². The highest BCUT2D eigenvalue weighted by Crippen LogP contribution is 2.27. The van der Waals surface area contributed by atoms with Gasteiger partial charge in [-0.3, -0.25) is 14.9 Å². The maximum Gasteiger partial charge on any atom is 0.312 e. The minimum Gasteiger partial charge on any atom is -0.478 e. The van der Waals surface area contributed by atoms with Crippen molar-refractivity contribution < 1.29 is 18.9 Å². The highest BCUT2D eigenvalue weighted by Gasteiger charge is 2.18. The lowest BCUT2D eigenvalue weighted by atomic mass is 10.2. The fourth-order valence-corrected chi connectivity index (χ4v) is 1.50. The van der Waals surface area contributed by atoms with E-state index in [1.165, 1.54) is 24.5 Å². The Kier molecular flexibility index (Phi) is 3.77. The normalized spacial score (nSPS) is 9.75. The van der Waals surface area contributed by atoms with Gasteiger partial charge >= 0.3 is 5.69 Å². The molecule has 0 unspecified atom stereocenters. The molecule has 1 heterocycles. The molecule has 0 spiro atoms. The highest BCUT2D eigenvalue weighted by molar-refractivity contribution is 5.94. The number of hydrogen-bond acceptors (Lipinski definition) is 6. The summed E-state index contributed by atoms with van der Waals surface area (Å²) in [6, 6.07) is 8.57. The van der Waals surface area contributed by atoms with Crippen LogP contribution >= 0.6 is 0 Å². The quantitative estimate of drug-likeness (QED) is 0.469. The summed E-state index contributed by atoms with van der Waals surface area (Å²) in [7, 11) is 0. The summed E-state index contributed by atoms with van der Waals surface area (Å²) < 4.78 is 10.0. The number of ketones is 1. The summed E-state index contributed by atoms with van der Waals surface area (Å²) in [6.45, 7) is -0.389. The van der Waals surface area contributed by atoms with Crippen molar-refractivity contribution in [2.75, 3.05) is 6.61 Å². The van der Waals surface area contributed by atoms with Crippen LogP contribution in [0.25, 0.3) is 0 Å². The van der Waals surface area contributed by atoms with Crippen LogP contribution in [0, 0.1) is 21.4 Å². The van der Waals surface area contributed by atoms with Crippen molar-refractivity contribution in [3.8, 4) is 11.8 Å². The number of benzene rings is 1. The number of ether oxygens (including phenoxy) is 1. The third kappa shape index (κ3) is 2.81. The van der Waals surface area contributed by atoms with E-state index in [1.54, 1.807) is 12.1 Å². The summed E-state index contributed by atoms with van der Waals surface area (Å²) in [4.78, 5) is 21.8.